The number of rotatable bonds is 1. The Bertz CT molecular complexity index is 359. The van der Waals surface area contributed by atoms with Gasteiger partial charge in [-0.2, -0.15) is 13.2 Å². The standard InChI is InChI=1S/C10H12F3N3/c11-10(12,13)9-4-8(15-6-16-9)7-2-1-3-14-5-7/h4,6-7,14H,1-3,5H2. The Balaban J connectivity index is 2.21. The molecule has 1 aromatic heterocycles. The summed E-state index contributed by atoms with van der Waals surface area (Å²) in [5, 5.41) is 3.15. The Morgan fingerprint density at radius 3 is 2.75 bits per heavy atom. The first-order valence-corrected chi connectivity index (χ1v) is 5.17. The van der Waals surface area contributed by atoms with Gasteiger partial charge in [0.25, 0.3) is 0 Å². The molecule has 0 spiro atoms. The van der Waals surface area contributed by atoms with Gasteiger partial charge in [-0.25, -0.2) is 9.97 Å². The zero-order valence-corrected chi connectivity index (χ0v) is 8.59. The predicted octanol–water partition coefficient (Wildman–Crippen LogP) is 1.96. The first-order valence-electron chi connectivity index (χ1n) is 5.17. The lowest BCUT2D eigenvalue weighted by atomic mass is 9.95. The van der Waals surface area contributed by atoms with Gasteiger partial charge in [0.2, 0.25) is 0 Å². The molecule has 0 saturated carbocycles. The lowest BCUT2D eigenvalue weighted by Gasteiger charge is -2.22. The Kier molecular flexibility index (Phi) is 3.09. The summed E-state index contributed by atoms with van der Waals surface area (Å²) < 4.78 is 37.3. The molecule has 1 aliphatic heterocycles. The summed E-state index contributed by atoms with van der Waals surface area (Å²) >= 11 is 0. The van der Waals surface area contributed by atoms with E-state index in [0.717, 1.165) is 31.8 Å². The third kappa shape index (κ3) is 2.49. The maximum absolute atomic E-state index is 12.4. The SMILES string of the molecule is FC(F)(F)c1cc(C2CCCNC2)ncn1. The Morgan fingerprint density at radius 1 is 1.31 bits per heavy atom. The normalized spacial score (nSPS) is 22.1. The van der Waals surface area contributed by atoms with Crippen LogP contribution in [0.4, 0.5) is 13.2 Å². The summed E-state index contributed by atoms with van der Waals surface area (Å²) in [5.41, 5.74) is -0.377. The Labute approximate surface area is 91.1 Å². The van der Waals surface area contributed by atoms with Crippen molar-refractivity contribution in [2.24, 2.45) is 0 Å². The summed E-state index contributed by atoms with van der Waals surface area (Å²) in [7, 11) is 0. The predicted molar refractivity (Wildman–Crippen MR) is 51.9 cm³/mol. The summed E-state index contributed by atoms with van der Waals surface area (Å²) in [6, 6.07) is 1.05. The van der Waals surface area contributed by atoms with Gasteiger partial charge in [-0.15, -0.1) is 0 Å². The first kappa shape index (κ1) is 11.3. The highest BCUT2D eigenvalue weighted by Crippen LogP contribution is 2.29. The van der Waals surface area contributed by atoms with Gasteiger partial charge in [-0.1, -0.05) is 0 Å². The molecule has 1 atom stereocenters. The van der Waals surface area contributed by atoms with Crippen LogP contribution in [0.1, 0.15) is 30.1 Å². The van der Waals surface area contributed by atoms with E-state index in [-0.39, 0.29) is 5.92 Å². The molecule has 1 unspecified atom stereocenters. The molecule has 1 fully saturated rings. The average molecular weight is 231 g/mol. The second-order valence-electron chi connectivity index (χ2n) is 3.87. The molecule has 0 aromatic carbocycles. The van der Waals surface area contributed by atoms with Gasteiger partial charge in [0, 0.05) is 18.2 Å². The zero-order chi connectivity index (χ0) is 11.6. The number of nitrogens with zero attached hydrogens (tertiary/aromatic N) is 2. The first-order chi connectivity index (χ1) is 7.57. The van der Waals surface area contributed by atoms with Crippen LogP contribution in [0.3, 0.4) is 0 Å². The summed E-state index contributed by atoms with van der Waals surface area (Å²) in [5.74, 6) is 0.0675. The maximum Gasteiger partial charge on any atom is 0.433 e. The molecule has 3 nitrogen and oxygen atoms in total. The fourth-order valence-electron chi connectivity index (χ4n) is 1.85. The van der Waals surface area contributed by atoms with Crippen molar-refractivity contribution in [3.8, 4) is 0 Å². The highest BCUT2D eigenvalue weighted by atomic mass is 19.4. The van der Waals surface area contributed by atoms with Crippen LogP contribution in [-0.2, 0) is 6.18 Å². The summed E-state index contributed by atoms with van der Waals surface area (Å²) in [4.78, 5) is 7.17. The van der Waals surface area contributed by atoms with Crippen molar-refractivity contribution in [3.05, 3.63) is 23.8 Å². The van der Waals surface area contributed by atoms with Crippen LogP contribution in [0, 0.1) is 0 Å². The number of piperidine rings is 1. The molecule has 1 saturated heterocycles. The van der Waals surface area contributed by atoms with Gasteiger partial charge in [0.15, 0.2) is 0 Å². The molecule has 16 heavy (non-hydrogen) atoms. The average Bonchev–Trinajstić information content (AvgIpc) is 2.29. The molecule has 1 N–H and O–H groups in total. The van der Waals surface area contributed by atoms with E-state index in [1.165, 1.54) is 0 Å². The topological polar surface area (TPSA) is 37.8 Å². The minimum Gasteiger partial charge on any atom is -0.316 e. The molecule has 1 aliphatic rings. The van der Waals surface area contributed by atoms with E-state index in [4.69, 9.17) is 0 Å². The second kappa shape index (κ2) is 4.37. The number of aromatic nitrogens is 2. The number of alkyl halides is 3. The monoisotopic (exact) mass is 231 g/mol. The minimum absolute atomic E-state index is 0.0675. The molecule has 2 heterocycles. The molecule has 1 aromatic rings. The van der Waals surface area contributed by atoms with Crippen LogP contribution in [0.5, 0.6) is 0 Å². The highest BCUT2D eigenvalue weighted by molar-refractivity contribution is 5.16. The van der Waals surface area contributed by atoms with Crippen molar-refractivity contribution in [2.75, 3.05) is 13.1 Å². The van der Waals surface area contributed by atoms with Crippen LogP contribution in [0.25, 0.3) is 0 Å². The van der Waals surface area contributed by atoms with E-state index in [1.807, 2.05) is 0 Å². The van der Waals surface area contributed by atoms with Gasteiger partial charge in [-0.05, 0) is 25.5 Å². The third-order valence-corrected chi connectivity index (χ3v) is 2.69. The van der Waals surface area contributed by atoms with Crippen LogP contribution >= 0.6 is 0 Å². The van der Waals surface area contributed by atoms with Crippen molar-refractivity contribution in [3.63, 3.8) is 0 Å². The number of hydrogen-bond donors (Lipinski definition) is 1. The van der Waals surface area contributed by atoms with Crippen LogP contribution in [0.15, 0.2) is 12.4 Å². The maximum atomic E-state index is 12.4. The molecule has 88 valence electrons. The minimum atomic E-state index is -4.39. The van der Waals surface area contributed by atoms with Gasteiger partial charge in [0.1, 0.15) is 12.0 Å². The largest absolute Gasteiger partial charge is 0.433 e. The van der Waals surface area contributed by atoms with E-state index in [9.17, 15) is 13.2 Å². The van der Waals surface area contributed by atoms with Crippen molar-refractivity contribution in [1.82, 2.24) is 15.3 Å². The van der Waals surface area contributed by atoms with Crippen molar-refractivity contribution in [2.45, 2.75) is 24.9 Å². The summed E-state index contributed by atoms with van der Waals surface area (Å²) in [6.07, 6.45) is -1.55. The molecule has 2 rings (SSSR count). The van der Waals surface area contributed by atoms with Crippen molar-refractivity contribution >= 4 is 0 Å². The van der Waals surface area contributed by atoms with E-state index < -0.39 is 11.9 Å². The van der Waals surface area contributed by atoms with E-state index in [0.29, 0.717) is 12.2 Å². The van der Waals surface area contributed by atoms with Crippen molar-refractivity contribution < 1.29 is 13.2 Å². The van der Waals surface area contributed by atoms with Gasteiger partial charge >= 0.3 is 6.18 Å². The molecular weight excluding hydrogens is 219 g/mol. The number of halogens is 3. The number of hydrogen-bond acceptors (Lipinski definition) is 3. The molecule has 0 radical (unpaired) electrons. The molecule has 6 heteroatoms. The van der Waals surface area contributed by atoms with Crippen LogP contribution in [-0.4, -0.2) is 23.1 Å². The van der Waals surface area contributed by atoms with E-state index in [2.05, 4.69) is 15.3 Å². The smallest absolute Gasteiger partial charge is 0.316 e. The summed E-state index contributed by atoms with van der Waals surface area (Å²) in [6.45, 7) is 1.61. The molecule has 0 amide bonds. The van der Waals surface area contributed by atoms with Crippen LogP contribution in [0.2, 0.25) is 0 Å². The highest BCUT2D eigenvalue weighted by Gasteiger charge is 2.33. The number of nitrogens with one attached hydrogen (secondary N) is 1. The molecule has 0 aliphatic carbocycles. The fraction of sp³-hybridized carbons (Fsp3) is 0.600. The lowest BCUT2D eigenvalue weighted by molar-refractivity contribution is -0.141. The van der Waals surface area contributed by atoms with Crippen molar-refractivity contribution in [1.29, 1.82) is 0 Å². The van der Waals surface area contributed by atoms with E-state index >= 15 is 0 Å². The lowest BCUT2D eigenvalue weighted by Crippen LogP contribution is -2.29. The molecular formula is C10H12F3N3. The molecule has 0 bridgehead atoms. The Hall–Kier alpha value is -1.17. The van der Waals surface area contributed by atoms with E-state index in [1.54, 1.807) is 0 Å². The Morgan fingerprint density at radius 2 is 2.12 bits per heavy atom. The van der Waals surface area contributed by atoms with Gasteiger partial charge in [0.05, 0.1) is 0 Å². The second-order valence-corrected chi connectivity index (χ2v) is 3.87. The quantitative estimate of drug-likeness (QED) is 0.802. The third-order valence-electron chi connectivity index (χ3n) is 2.69. The van der Waals surface area contributed by atoms with Gasteiger partial charge in [-0.3, -0.25) is 0 Å². The fourth-order valence-corrected chi connectivity index (χ4v) is 1.85. The zero-order valence-electron chi connectivity index (χ0n) is 8.59. The van der Waals surface area contributed by atoms with Crippen LogP contribution < -0.4 is 5.32 Å². The van der Waals surface area contributed by atoms with Gasteiger partial charge < -0.3 is 5.32 Å².